The highest BCUT2D eigenvalue weighted by molar-refractivity contribution is 5.96. The highest BCUT2D eigenvalue weighted by Gasteiger charge is 2.33. The normalized spacial score (nSPS) is 22.7. The Bertz CT molecular complexity index is 767. The first-order chi connectivity index (χ1) is 11.1. The van der Waals surface area contributed by atoms with E-state index >= 15 is 0 Å². The molecule has 4 rings (SSSR count). The zero-order valence-electron chi connectivity index (χ0n) is 13.3. The summed E-state index contributed by atoms with van der Waals surface area (Å²) in [5, 5.41) is 3.13. The van der Waals surface area contributed by atoms with Crippen LogP contribution >= 0.6 is 0 Å². The van der Waals surface area contributed by atoms with Crippen LogP contribution in [0.1, 0.15) is 57.7 Å². The van der Waals surface area contributed by atoms with Crippen LogP contribution in [0.4, 0.5) is 0 Å². The lowest BCUT2D eigenvalue weighted by atomic mass is 10.1. The van der Waals surface area contributed by atoms with Crippen molar-refractivity contribution in [3.63, 3.8) is 0 Å². The van der Waals surface area contributed by atoms with Crippen molar-refractivity contribution >= 4 is 5.91 Å². The number of nitrogens with zero attached hydrogens (tertiary/aromatic N) is 1. The topological polar surface area (TPSA) is 68.0 Å². The summed E-state index contributed by atoms with van der Waals surface area (Å²) in [4.78, 5) is 17.4. The number of aromatic nitrogens is 1. The second kappa shape index (κ2) is 5.46. The third-order valence-electron chi connectivity index (χ3n) is 4.88. The molecule has 2 aliphatic carbocycles. The molecule has 2 atom stereocenters. The Morgan fingerprint density at radius 1 is 1.22 bits per heavy atom. The SMILES string of the molecule is Cc1ccc(C(=O)N[C@@H]2Cc3ccccc3[C@H]2N)c(C2CC2)n1. The van der Waals surface area contributed by atoms with E-state index in [2.05, 4.69) is 22.4 Å². The van der Waals surface area contributed by atoms with Crippen LogP contribution in [0, 0.1) is 6.92 Å². The van der Waals surface area contributed by atoms with Gasteiger partial charge < -0.3 is 11.1 Å². The molecule has 1 aromatic heterocycles. The van der Waals surface area contributed by atoms with Gasteiger partial charge in [0.15, 0.2) is 0 Å². The number of benzene rings is 1. The van der Waals surface area contributed by atoms with E-state index in [1.165, 1.54) is 5.56 Å². The minimum absolute atomic E-state index is 0.0479. The van der Waals surface area contributed by atoms with Gasteiger partial charge in [-0.05, 0) is 49.4 Å². The molecule has 23 heavy (non-hydrogen) atoms. The predicted octanol–water partition coefficient (Wildman–Crippen LogP) is 2.62. The highest BCUT2D eigenvalue weighted by Crippen LogP contribution is 2.40. The van der Waals surface area contributed by atoms with Gasteiger partial charge in [0.05, 0.1) is 23.3 Å². The molecule has 0 saturated heterocycles. The van der Waals surface area contributed by atoms with Crippen molar-refractivity contribution in [1.29, 1.82) is 0 Å². The van der Waals surface area contributed by atoms with Gasteiger partial charge in [-0.2, -0.15) is 0 Å². The summed E-state index contributed by atoms with van der Waals surface area (Å²) in [5.41, 5.74) is 11.3. The van der Waals surface area contributed by atoms with E-state index in [9.17, 15) is 4.79 Å². The van der Waals surface area contributed by atoms with Crippen molar-refractivity contribution in [3.8, 4) is 0 Å². The molecule has 1 aromatic carbocycles. The molecule has 2 aliphatic rings. The average molecular weight is 307 g/mol. The molecular formula is C19H21N3O. The Morgan fingerprint density at radius 2 is 2.00 bits per heavy atom. The molecule has 2 aromatic rings. The standard InChI is InChI=1S/C19H21N3O/c1-11-6-9-15(18(21-11)12-7-8-12)19(23)22-16-10-13-4-2-3-5-14(13)17(16)20/h2-6,9,12,16-17H,7-8,10,20H2,1H3,(H,22,23)/t16-,17-/m1/s1. The van der Waals surface area contributed by atoms with E-state index in [1.54, 1.807) is 0 Å². The summed E-state index contributed by atoms with van der Waals surface area (Å²) in [6.45, 7) is 1.97. The lowest BCUT2D eigenvalue weighted by Gasteiger charge is -2.19. The Kier molecular flexibility index (Phi) is 3.42. The van der Waals surface area contributed by atoms with Crippen molar-refractivity contribution in [2.24, 2.45) is 5.73 Å². The molecule has 118 valence electrons. The van der Waals surface area contributed by atoms with Crippen LogP contribution in [0.15, 0.2) is 36.4 Å². The molecule has 1 heterocycles. The van der Waals surface area contributed by atoms with Gasteiger partial charge in [0.1, 0.15) is 0 Å². The molecule has 1 fully saturated rings. The third kappa shape index (κ3) is 2.63. The molecule has 1 saturated carbocycles. The van der Waals surface area contributed by atoms with Gasteiger partial charge in [-0.1, -0.05) is 24.3 Å². The Hall–Kier alpha value is -2.20. The van der Waals surface area contributed by atoms with Crippen LogP contribution < -0.4 is 11.1 Å². The largest absolute Gasteiger partial charge is 0.347 e. The molecule has 4 nitrogen and oxygen atoms in total. The summed E-state index contributed by atoms with van der Waals surface area (Å²) < 4.78 is 0. The van der Waals surface area contributed by atoms with Crippen molar-refractivity contribution in [2.75, 3.05) is 0 Å². The second-order valence-corrected chi connectivity index (χ2v) is 6.67. The number of pyridine rings is 1. The van der Waals surface area contributed by atoms with Crippen LogP contribution in [0.5, 0.6) is 0 Å². The minimum Gasteiger partial charge on any atom is -0.347 e. The zero-order valence-corrected chi connectivity index (χ0v) is 13.3. The van der Waals surface area contributed by atoms with Crippen LogP contribution in [0.3, 0.4) is 0 Å². The highest BCUT2D eigenvalue weighted by atomic mass is 16.1. The van der Waals surface area contributed by atoms with E-state index in [4.69, 9.17) is 5.73 Å². The molecule has 3 N–H and O–H groups in total. The molecule has 0 bridgehead atoms. The van der Waals surface area contributed by atoms with Gasteiger partial charge in [-0.3, -0.25) is 9.78 Å². The van der Waals surface area contributed by atoms with Crippen molar-refractivity contribution < 1.29 is 4.79 Å². The van der Waals surface area contributed by atoms with Crippen LogP contribution in [0.2, 0.25) is 0 Å². The average Bonchev–Trinajstić information content (AvgIpc) is 3.34. The Morgan fingerprint density at radius 3 is 2.74 bits per heavy atom. The van der Waals surface area contributed by atoms with Crippen molar-refractivity contribution in [3.05, 3.63) is 64.5 Å². The van der Waals surface area contributed by atoms with E-state index in [1.807, 2.05) is 31.2 Å². The number of fused-ring (bicyclic) bond motifs is 1. The molecular weight excluding hydrogens is 286 g/mol. The number of rotatable bonds is 3. The maximum atomic E-state index is 12.8. The van der Waals surface area contributed by atoms with Crippen molar-refractivity contribution in [2.45, 2.75) is 44.2 Å². The van der Waals surface area contributed by atoms with Gasteiger partial charge >= 0.3 is 0 Å². The lowest BCUT2D eigenvalue weighted by Crippen LogP contribution is -2.41. The number of nitrogens with two attached hydrogens (primary N) is 1. The quantitative estimate of drug-likeness (QED) is 0.916. The fourth-order valence-corrected chi connectivity index (χ4v) is 3.45. The fourth-order valence-electron chi connectivity index (χ4n) is 3.45. The Balaban J connectivity index is 1.56. The zero-order chi connectivity index (χ0) is 16.0. The number of carbonyl (C=O) groups is 1. The van der Waals surface area contributed by atoms with E-state index < -0.39 is 0 Å². The maximum absolute atomic E-state index is 12.8. The summed E-state index contributed by atoms with van der Waals surface area (Å²) in [7, 11) is 0. The first-order valence-electron chi connectivity index (χ1n) is 8.25. The molecule has 0 aliphatic heterocycles. The van der Waals surface area contributed by atoms with Gasteiger partial charge in [0.2, 0.25) is 0 Å². The summed E-state index contributed by atoms with van der Waals surface area (Å²) >= 11 is 0. The van der Waals surface area contributed by atoms with E-state index in [0.717, 1.165) is 36.2 Å². The number of carbonyl (C=O) groups excluding carboxylic acids is 1. The Labute approximate surface area is 136 Å². The van der Waals surface area contributed by atoms with Crippen molar-refractivity contribution in [1.82, 2.24) is 10.3 Å². The summed E-state index contributed by atoms with van der Waals surface area (Å²) in [6.07, 6.45) is 3.05. The fraction of sp³-hybridized carbons (Fsp3) is 0.368. The minimum atomic E-state index is -0.141. The number of amides is 1. The number of hydrogen-bond acceptors (Lipinski definition) is 3. The summed E-state index contributed by atoms with van der Waals surface area (Å²) in [6, 6.07) is 11.8. The number of nitrogens with one attached hydrogen (secondary N) is 1. The molecule has 0 spiro atoms. The second-order valence-electron chi connectivity index (χ2n) is 6.67. The monoisotopic (exact) mass is 307 g/mol. The maximum Gasteiger partial charge on any atom is 0.253 e. The van der Waals surface area contributed by atoms with E-state index in [-0.39, 0.29) is 18.0 Å². The first kappa shape index (κ1) is 14.4. The smallest absolute Gasteiger partial charge is 0.253 e. The number of aryl methyl sites for hydroxylation is 1. The lowest BCUT2D eigenvalue weighted by molar-refractivity contribution is 0.0932. The summed E-state index contributed by atoms with van der Waals surface area (Å²) in [5.74, 6) is 0.401. The molecule has 0 radical (unpaired) electrons. The van der Waals surface area contributed by atoms with Crippen LogP contribution in [-0.2, 0) is 6.42 Å². The van der Waals surface area contributed by atoms with Gasteiger partial charge in [0.25, 0.3) is 5.91 Å². The molecule has 4 heteroatoms. The van der Waals surface area contributed by atoms with Gasteiger partial charge in [-0.25, -0.2) is 0 Å². The van der Waals surface area contributed by atoms with Gasteiger partial charge in [0, 0.05) is 11.6 Å². The predicted molar refractivity (Wildman–Crippen MR) is 89.3 cm³/mol. The van der Waals surface area contributed by atoms with Crippen LogP contribution in [-0.4, -0.2) is 16.9 Å². The number of hydrogen-bond donors (Lipinski definition) is 2. The van der Waals surface area contributed by atoms with E-state index in [0.29, 0.717) is 11.5 Å². The van der Waals surface area contributed by atoms with Gasteiger partial charge in [-0.15, -0.1) is 0 Å². The molecule has 1 amide bonds. The third-order valence-corrected chi connectivity index (χ3v) is 4.88. The molecule has 0 unspecified atom stereocenters. The first-order valence-corrected chi connectivity index (χ1v) is 8.25. The van der Waals surface area contributed by atoms with Crippen LogP contribution in [0.25, 0.3) is 0 Å².